The molecule has 1 heterocycles. The molecule has 17 heteroatoms. The fourth-order valence-electron chi connectivity index (χ4n) is 11.6. The number of nitrogens with two attached hydrogens (primary N) is 1. The van der Waals surface area contributed by atoms with Crippen LogP contribution in [-0.2, 0) is 46.7 Å². The van der Waals surface area contributed by atoms with E-state index in [2.05, 4.69) is 5.32 Å². The number of benzene rings is 6. The van der Waals surface area contributed by atoms with E-state index in [0.29, 0.717) is 11.1 Å². The fourth-order valence-corrected chi connectivity index (χ4v) is 11.6. The number of hydroxylamine groups is 2. The van der Waals surface area contributed by atoms with E-state index >= 15 is 19.2 Å². The van der Waals surface area contributed by atoms with Crippen LogP contribution >= 0.6 is 0 Å². The van der Waals surface area contributed by atoms with Gasteiger partial charge in [-0.3, -0.25) is 33.6 Å². The highest BCUT2D eigenvalue weighted by Crippen LogP contribution is 2.39. The molecular formula is C69H85N9O8. The number of rotatable bonds is 27. The maximum Gasteiger partial charge on any atom is 0.243 e. The van der Waals surface area contributed by atoms with Gasteiger partial charge in [-0.15, -0.1) is 0 Å². The van der Waals surface area contributed by atoms with Gasteiger partial charge in [-0.05, 0) is 102 Å². The predicted molar refractivity (Wildman–Crippen MR) is 332 cm³/mol. The van der Waals surface area contributed by atoms with Gasteiger partial charge >= 0.3 is 0 Å². The minimum Gasteiger partial charge on any atom is -0.368 e. The van der Waals surface area contributed by atoms with Crippen LogP contribution in [0.1, 0.15) is 126 Å². The Morgan fingerprint density at radius 1 is 0.453 bits per heavy atom. The van der Waals surface area contributed by atoms with Gasteiger partial charge in [-0.1, -0.05) is 182 Å². The molecule has 1 saturated heterocycles. The van der Waals surface area contributed by atoms with E-state index < -0.39 is 103 Å². The first-order valence-electron chi connectivity index (χ1n) is 29.5. The van der Waals surface area contributed by atoms with Crippen molar-refractivity contribution >= 4 is 41.4 Å². The van der Waals surface area contributed by atoms with Crippen LogP contribution in [0.2, 0.25) is 0 Å². The molecule has 454 valence electrons. The number of hydrogen-bond donors (Lipinski definition) is 3. The molecule has 1 aliphatic heterocycles. The second-order valence-electron chi connectivity index (χ2n) is 23.8. The maximum absolute atomic E-state index is 15.7. The van der Waals surface area contributed by atoms with E-state index in [9.17, 15) is 19.6 Å². The average Bonchev–Trinajstić information content (AvgIpc) is 0.940. The Morgan fingerprint density at radius 2 is 0.779 bits per heavy atom. The number of primary amides is 1. The first-order chi connectivity index (χ1) is 41.0. The van der Waals surface area contributed by atoms with Gasteiger partial charge in [-0.2, -0.15) is 5.06 Å². The molecule has 7 amide bonds. The van der Waals surface area contributed by atoms with Crippen molar-refractivity contribution in [3.8, 4) is 0 Å². The molecule has 1 fully saturated rings. The molecule has 4 N–H and O–H groups in total. The largest absolute Gasteiger partial charge is 0.368 e. The molecule has 6 aromatic carbocycles. The second kappa shape index (κ2) is 30.0. The lowest BCUT2D eigenvalue weighted by Crippen LogP contribution is -2.64. The third-order valence-corrected chi connectivity index (χ3v) is 16.5. The van der Waals surface area contributed by atoms with E-state index in [4.69, 9.17) is 5.73 Å². The number of carbonyl (C=O) groups is 7. The molecule has 6 aromatic rings. The lowest BCUT2D eigenvalue weighted by atomic mass is 9.78. The maximum atomic E-state index is 15.7. The van der Waals surface area contributed by atoms with Gasteiger partial charge in [0, 0.05) is 36.3 Å². The van der Waals surface area contributed by atoms with Gasteiger partial charge in [0.2, 0.25) is 41.4 Å². The van der Waals surface area contributed by atoms with Gasteiger partial charge in [0.1, 0.15) is 32.7 Å². The molecule has 0 radical (unpaired) electrons. The molecule has 0 bridgehead atoms. The normalized spacial score (nSPS) is 15.2. The van der Waals surface area contributed by atoms with Crippen LogP contribution in [0.15, 0.2) is 182 Å². The first kappa shape index (κ1) is 65.0. The van der Waals surface area contributed by atoms with Crippen LogP contribution in [-0.4, -0.2) is 144 Å². The van der Waals surface area contributed by atoms with Crippen LogP contribution in [0.25, 0.3) is 0 Å². The Bertz CT molecular complexity index is 3180. The lowest BCUT2D eigenvalue weighted by Gasteiger charge is -2.53. The van der Waals surface area contributed by atoms with Crippen LogP contribution < -0.4 is 11.1 Å². The summed E-state index contributed by atoms with van der Waals surface area (Å²) in [6, 6.07) is 53.2. The summed E-state index contributed by atoms with van der Waals surface area (Å²) in [5.41, 5.74) is 8.64. The van der Waals surface area contributed by atoms with Crippen LogP contribution in [0.5, 0.6) is 0 Å². The summed E-state index contributed by atoms with van der Waals surface area (Å²) in [5, 5.41) is 16.2. The molecule has 17 nitrogen and oxygen atoms in total. The summed E-state index contributed by atoms with van der Waals surface area (Å²) in [7, 11) is 0. The molecular weight excluding hydrogens is 1080 g/mol. The van der Waals surface area contributed by atoms with Crippen molar-refractivity contribution in [2.24, 2.45) is 5.73 Å². The van der Waals surface area contributed by atoms with Gasteiger partial charge in [0.15, 0.2) is 0 Å². The van der Waals surface area contributed by atoms with E-state index in [1.165, 1.54) is 34.5 Å². The Morgan fingerprint density at radius 3 is 1.16 bits per heavy atom. The Kier molecular flexibility index (Phi) is 22.7. The molecule has 0 spiro atoms. The molecule has 0 aliphatic carbocycles. The van der Waals surface area contributed by atoms with Crippen molar-refractivity contribution in [2.45, 2.75) is 123 Å². The SMILES string of the molecule is C[C@H](NCC(=O)N(CC(=O)N(CC(=O)N(CC(=O)N(CC(=O)N(CC(=O)N(CC(N)=O)[C@@H](C)c1ccccc1)Cc1ccccc1)[C@@H](C)c1ccccc1)C1CC(C)(C)N(O)C(C)(C)C1)Cc1ccccc1)[C@@H](C)c1ccccc1)c1ccccc1. The molecule has 86 heavy (non-hydrogen) atoms. The van der Waals surface area contributed by atoms with Gasteiger partial charge in [0.25, 0.3) is 0 Å². The van der Waals surface area contributed by atoms with E-state index in [1.54, 1.807) is 13.8 Å². The van der Waals surface area contributed by atoms with Crippen molar-refractivity contribution in [2.75, 3.05) is 45.8 Å². The number of amides is 7. The highest BCUT2D eigenvalue weighted by molar-refractivity contribution is 5.93. The van der Waals surface area contributed by atoms with Crippen molar-refractivity contribution in [3.63, 3.8) is 0 Å². The quantitative estimate of drug-likeness (QED) is 0.0448. The highest BCUT2D eigenvalue weighted by Gasteiger charge is 2.48. The van der Waals surface area contributed by atoms with Crippen LogP contribution in [0.4, 0.5) is 0 Å². The molecule has 1 aliphatic rings. The number of piperidine rings is 1. The summed E-state index contributed by atoms with van der Waals surface area (Å²) in [6.07, 6.45) is 0.459. The smallest absolute Gasteiger partial charge is 0.243 e. The summed E-state index contributed by atoms with van der Waals surface area (Å²) < 4.78 is 0. The number of nitrogens with zero attached hydrogens (tertiary/aromatic N) is 7. The topological polar surface area (TPSA) is 200 Å². The lowest BCUT2D eigenvalue weighted by molar-refractivity contribution is -0.251. The minimum atomic E-state index is -0.897. The Hall–Kier alpha value is -8.51. The Balaban J connectivity index is 1.24. The van der Waals surface area contributed by atoms with Gasteiger partial charge in [0.05, 0.1) is 31.2 Å². The molecule has 7 rings (SSSR count). The van der Waals surface area contributed by atoms with Crippen molar-refractivity contribution in [1.29, 1.82) is 0 Å². The fraction of sp³-hybridized carbons (Fsp3) is 0.377. The third-order valence-electron chi connectivity index (χ3n) is 16.5. The second-order valence-corrected chi connectivity index (χ2v) is 23.8. The number of nitrogens with one attached hydrogen (secondary N) is 1. The standard InChI is InChI=1S/C69H85N9O8/c1-50(56-31-19-11-20-32-56)71-41-62(80)75(52(3)58-35-23-13-24-36-58)47-63(81)73(43-55-29-17-10-18-30-55)46-66(84)77(60-39-68(5,6)78(86)69(7,8)40-60)49-67(85)76(53(4)59-37-25-14-26-38-59)48-64(82)72(42-54-27-15-9-16-28-54)45-65(83)74(44-61(70)79)51(2)57-33-21-12-22-34-57/h9-38,50-53,60,71,86H,39-49H2,1-8H3,(H2,70,79)/t50-,51-,52-,53-/m0/s1. The van der Waals surface area contributed by atoms with Gasteiger partial charge < -0.3 is 45.7 Å². The monoisotopic (exact) mass is 1170 g/mol. The van der Waals surface area contributed by atoms with Crippen molar-refractivity contribution < 1.29 is 38.8 Å². The molecule has 0 unspecified atom stereocenters. The van der Waals surface area contributed by atoms with E-state index in [0.717, 1.165) is 22.3 Å². The summed E-state index contributed by atoms with van der Waals surface area (Å²) >= 11 is 0. The summed E-state index contributed by atoms with van der Waals surface area (Å²) in [6.45, 7) is 12.0. The average molecular weight is 1170 g/mol. The first-order valence-corrected chi connectivity index (χ1v) is 29.5. The zero-order chi connectivity index (χ0) is 62.1. The van der Waals surface area contributed by atoms with E-state index in [-0.39, 0.29) is 51.0 Å². The third kappa shape index (κ3) is 17.6. The number of hydrogen-bond acceptors (Lipinski definition) is 10. The molecule has 4 atom stereocenters. The Labute approximate surface area is 507 Å². The van der Waals surface area contributed by atoms with Crippen molar-refractivity contribution in [3.05, 3.63) is 215 Å². The van der Waals surface area contributed by atoms with Crippen LogP contribution in [0.3, 0.4) is 0 Å². The zero-order valence-corrected chi connectivity index (χ0v) is 51.0. The zero-order valence-electron chi connectivity index (χ0n) is 51.0. The summed E-state index contributed by atoms with van der Waals surface area (Å²) in [4.78, 5) is 112. The van der Waals surface area contributed by atoms with E-state index in [1.807, 2.05) is 224 Å². The summed E-state index contributed by atoms with van der Waals surface area (Å²) in [5.74, 6) is -3.82. The number of carbonyl (C=O) groups excluding carboxylic acids is 7. The van der Waals surface area contributed by atoms with Crippen LogP contribution in [0, 0.1) is 0 Å². The van der Waals surface area contributed by atoms with Gasteiger partial charge in [-0.25, -0.2) is 0 Å². The molecule has 0 aromatic heterocycles. The molecule has 0 saturated carbocycles. The minimum absolute atomic E-state index is 0.00700. The van der Waals surface area contributed by atoms with Crippen molar-refractivity contribution in [1.82, 2.24) is 39.8 Å². The predicted octanol–water partition coefficient (Wildman–Crippen LogP) is 8.89. The highest BCUT2D eigenvalue weighted by atomic mass is 16.5.